The van der Waals surface area contributed by atoms with Crippen LogP contribution in [0.25, 0.3) is 32.9 Å². The molecule has 1 aromatic heterocycles. The van der Waals surface area contributed by atoms with Crippen molar-refractivity contribution < 1.29 is 0 Å². The molecule has 4 aromatic rings. The molecule has 0 radical (unpaired) electrons. The Morgan fingerprint density at radius 2 is 1.79 bits per heavy atom. The van der Waals surface area contributed by atoms with E-state index in [1.165, 1.54) is 39.3 Å². The molecule has 5 rings (SSSR count). The van der Waals surface area contributed by atoms with Gasteiger partial charge in [-0.05, 0) is 53.4 Å². The van der Waals surface area contributed by atoms with E-state index >= 15 is 0 Å². The summed E-state index contributed by atoms with van der Waals surface area (Å²) in [6.45, 7) is 5.50. The largest absolute Gasteiger partial charge is 0.299 e. The van der Waals surface area contributed by atoms with E-state index in [-0.39, 0.29) is 0 Å². The van der Waals surface area contributed by atoms with E-state index in [0.717, 1.165) is 41.7 Å². The van der Waals surface area contributed by atoms with Crippen LogP contribution in [0.4, 0.5) is 0 Å². The predicted octanol–water partition coefficient (Wildman–Crippen LogP) is 6.59. The van der Waals surface area contributed by atoms with Crippen molar-refractivity contribution >= 4 is 37.6 Å². The van der Waals surface area contributed by atoms with Gasteiger partial charge in [-0.25, -0.2) is 4.98 Å². The Bertz CT molecular complexity index is 1180. The molecule has 3 heteroatoms. The quantitative estimate of drug-likeness (QED) is 0.341. The van der Waals surface area contributed by atoms with Gasteiger partial charge in [0.05, 0.1) is 11.2 Å². The molecule has 0 N–H and O–H groups in total. The molecule has 0 bridgehead atoms. The molecule has 1 aliphatic heterocycles. The van der Waals surface area contributed by atoms with Crippen LogP contribution in [0, 0.1) is 0 Å². The molecule has 0 unspecified atom stereocenters. The Hall–Kier alpha value is -2.23. The maximum Gasteiger partial charge on any atom is 0.0768 e. The van der Waals surface area contributed by atoms with Crippen LogP contribution in [0.5, 0.6) is 0 Å². The van der Waals surface area contributed by atoms with Crippen molar-refractivity contribution in [3.8, 4) is 11.3 Å². The third-order valence-corrected chi connectivity index (χ3v) is 6.51. The Labute approximate surface area is 174 Å². The van der Waals surface area contributed by atoms with E-state index in [1.54, 1.807) is 0 Å². The zero-order chi connectivity index (χ0) is 19.1. The van der Waals surface area contributed by atoms with E-state index < -0.39 is 0 Å². The molecule has 0 amide bonds. The molecule has 0 spiro atoms. The zero-order valence-electron chi connectivity index (χ0n) is 16.1. The number of pyridine rings is 1. The van der Waals surface area contributed by atoms with E-state index in [4.69, 9.17) is 4.98 Å². The number of halogens is 1. The highest BCUT2D eigenvalue weighted by Crippen LogP contribution is 2.39. The lowest BCUT2D eigenvalue weighted by Crippen LogP contribution is -2.32. The molecule has 2 nitrogen and oxygen atoms in total. The topological polar surface area (TPSA) is 16.1 Å². The van der Waals surface area contributed by atoms with E-state index in [9.17, 15) is 0 Å². The Balaban J connectivity index is 1.84. The fraction of sp³-hybridized carbons (Fsp3) is 0.240. The smallest absolute Gasteiger partial charge is 0.0768 e. The van der Waals surface area contributed by atoms with Gasteiger partial charge in [-0.15, -0.1) is 0 Å². The minimum atomic E-state index is 0.978. The first-order chi connectivity index (χ1) is 13.8. The molecule has 140 valence electrons. The lowest BCUT2D eigenvalue weighted by Gasteiger charge is -2.31. The highest BCUT2D eigenvalue weighted by Gasteiger charge is 2.24. The van der Waals surface area contributed by atoms with E-state index in [0.29, 0.717) is 0 Å². The van der Waals surface area contributed by atoms with Crippen molar-refractivity contribution in [2.24, 2.45) is 0 Å². The minimum Gasteiger partial charge on any atom is -0.299 e. The Morgan fingerprint density at radius 3 is 2.64 bits per heavy atom. The highest BCUT2D eigenvalue weighted by atomic mass is 79.9. The minimum absolute atomic E-state index is 0.978. The summed E-state index contributed by atoms with van der Waals surface area (Å²) in [4.78, 5) is 7.78. The number of hydrogen-bond acceptors (Lipinski definition) is 2. The number of rotatable bonds is 3. The predicted molar refractivity (Wildman–Crippen MR) is 122 cm³/mol. The maximum atomic E-state index is 5.21. The number of fused-ring (bicyclic) bond motifs is 5. The van der Waals surface area contributed by atoms with Crippen molar-refractivity contribution in [1.29, 1.82) is 0 Å². The van der Waals surface area contributed by atoms with Crippen LogP contribution < -0.4 is 0 Å². The number of aromatic nitrogens is 1. The molecule has 0 saturated carbocycles. The first-order valence-corrected chi connectivity index (χ1v) is 10.9. The van der Waals surface area contributed by atoms with Gasteiger partial charge in [0.1, 0.15) is 0 Å². The van der Waals surface area contributed by atoms with Gasteiger partial charge in [0.25, 0.3) is 0 Å². The maximum absolute atomic E-state index is 5.21. The lowest BCUT2D eigenvalue weighted by atomic mass is 9.89. The molecule has 2 heterocycles. The van der Waals surface area contributed by atoms with Gasteiger partial charge in [0.2, 0.25) is 0 Å². The van der Waals surface area contributed by atoms with Crippen molar-refractivity contribution in [2.75, 3.05) is 13.1 Å². The number of benzene rings is 3. The summed E-state index contributed by atoms with van der Waals surface area (Å²) in [7, 11) is 0. The fourth-order valence-corrected chi connectivity index (χ4v) is 5.03. The van der Waals surface area contributed by atoms with Crippen molar-refractivity contribution in [1.82, 2.24) is 9.88 Å². The van der Waals surface area contributed by atoms with Crippen LogP contribution in [0.15, 0.2) is 65.1 Å². The van der Waals surface area contributed by atoms with Gasteiger partial charge in [0.15, 0.2) is 0 Å². The van der Waals surface area contributed by atoms with Gasteiger partial charge in [-0.1, -0.05) is 71.4 Å². The summed E-state index contributed by atoms with van der Waals surface area (Å²) < 4.78 is 1.11. The summed E-state index contributed by atoms with van der Waals surface area (Å²) in [6, 6.07) is 21.6. The molecule has 0 aliphatic carbocycles. The van der Waals surface area contributed by atoms with Crippen LogP contribution in [-0.4, -0.2) is 23.0 Å². The van der Waals surface area contributed by atoms with Crippen LogP contribution in [0.1, 0.15) is 24.5 Å². The molecule has 0 atom stereocenters. The second kappa shape index (κ2) is 7.31. The first kappa shape index (κ1) is 17.8. The van der Waals surface area contributed by atoms with Gasteiger partial charge in [0, 0.05) is 28.5 Å². The Morgan fingerprint density at radius 1 is 0.964 bits per heavy atom. The summed E-state index contributed by atoms with van der Waals surface area (Å²) in [5.41, 5.74) is 6.31. The molecule has 0 fully saturated rings. The van der Waals surface area contributed by atoms with E-state index in [2.05, 4.69) is 88.4 Å². The normalized spacial score (nSPS) is 14.5. The average Bonchev–Trinajstić information content (AvgIpc) is 2.73. The van der Waals surface area contributed by atoms with Crippen molar-refractivity contribution in [3.05, 3.63) is 76.3 Å². The Kier molecular flexibility index (Phi) is 4.65. The zero-order valence-corrected chi connectivity index (χ0v) is 17.7. The van der Waals surface area contributed by atoms with Crippen LogP contribution in [-0.2, 0) is 13.0 Å². The van der Waals surface area contributed by atoms with E-state index in [1.807, 2.05) is 0 Å². The second-order valence-electron chi connectivity index (χ2n) is 7.60. The van der Waals surface area contributed by atoms with Gasteiger partial charge in [-0.3, -0.25) is 4.90 Å². The van der Waals surface area contributed by atoms with Crippen LogP contribution in [0.2, 0.25) is 0 Å². The number of nitrogens with zero attached hydrogens (tertiary/aromatic N) is 2. The summed E-state index contributed by atoms with van der Waals surface area (Å²) in [5.74, 6) is 0. The van der Waals surface area contributed by atoms with Gasteiger partial charge >= 0.3 is 0 Å². The summed E-state index contributed by atoms with van der Waals surface area (Å²) in [6.07, 6.45) is 2.27. The monoisotopic (exact) mass is 430 g/mol. The van der Waals surface area contributed by atoms with Crippen molar-refractivity contribution in [2.45, 2.75) is 26.3 Å². The average molecular weight is 431 g/mol. The SMILES string of the molecule is CCCN1CCc2c(c(-c3ccccc3Br)nc3ccc4ccccc4c23)C1. The molecular weight excluding hydrogens is 408 g/mol. The molecule has 3 aromatic carbocycles. The third-order valence-electron chi connectivity index (χ3n) is 5.82. The third kappa shape index (κ3) is 2.94. The van der Waals surface area contributed by atoms with Crippen LogP contribution >= 0.6 is 15.9 Å². The molecular formula is C25H23BrN2. The van der Waals surface area contributed by atoms with Crippen molar-refractivity contribution in [3.63, 3.8) is 0 Å². The summed E-state index contributed by atoms with van der Waals surface area (Å²) >= 11 is 3.76. The standard InChI is InChI=1S/C25H23BrN2/c1-2-14-28-15-13-19-21(16-28)25(20-9-5-6-10-22(20)26)27-23-12-11-17-7-3-4-8-18(17)24(19)23/h3-12H,2,13-16H2,1H3. The lowest BCUT2D eigenvalue weighted by molar-refractivity contribution is 0.255. The van der Waals surface area contributed by atoms with Crippen LogP contribution in [0.3, 0.4) is 0 Å². The highest BCUT2D eigenvalue weighted by molar-refractivity contribution is 9.10. The van der Waals surface area contributed by atoms with Gasteiger partial charge < -0.3 is 0 Å². The molecule has 0 saturated heterocycles. The molecule has 1 aliphatic rings. The first-order valence-electron chi connectivity index (χ1n) is 10.1. The second-order valence-corrected chi connectivity index (χ2v) is 8.46. The molecule has 28 heavy (non-hydrogen) atoms. The number of hydrogen-bond donors (Lipinski definition) is 0. The van der Waals surface area contributed by atoms with Gasteiger partial charge in [-0.2, -0.15) is 0 Å². The fourth-order valence-electron chi connectivity index (χ4n) is 4.55. The summed E-state index contributed by atoms with van der Waals surface area (Å²) in [5, 5.41) is 3.97.